The van der Waals surface area contributed by atoms with Gasteiger partial charge in [0.15, 0.2) is 0 Å². The van der Waals surface area contributed by atoms with Crippen LogP contribution in [0.25, 0.3) is 0 Å². The van der Waals surface area contributed by atoms with E-state index in [1.165, 1.54) is 4.68 Å². The van der Waals surface area contributed by atoms with Crippen molar-refractivity contribution >= 4 is 16.0 Å². The average molecular weight is 335 g/mol. The van der Waals surface area contributed by atoms with E-state index in [4.69, 9.17) is 5.11 Å². The Hall–Kier alpha value is -2.19. The van der Waals surface area contributed by atoms with Crippen LogP contribution < -0.4 is 4.72 Å². The van der Waals surface area contributed by atoms with Crippen LogP contribution in [0.3, 0.4) is 0 Å². The van der Waals surface area contributed by atoms with Gasteiger partial charge in [0.25, 0.3) is 0 Å². The van der Waals surface area contributed by atoms with Crippen molar-refractivity contribution in [1.29, 1.82) is 0 Å². The highest BCUT2D eigenvalue weighted by Gasteiger charge is 2.28. The number of carboxylic acid groups (broad SMARTS) is 1. The largest absolute Gasteiger partial charge is 0.480 e. The van der Waals surface area contributed by atoms with E-state index in [1.54, 1.807) is 36.5 Å². The molecule has 8 heteroatoms. The zero-order valence-corrected chi connectivity index (χ0v) is 13.2. The Morgan fingerprint density at radius 2 is 2.09 bits per heavy atom. The monoisotopic (exact) mass is 335 g/mol. The minimum atomic E-state index is -3.62. The molecule has 1 aromatic heterocycles. The van der Waals surface area contributed by atoms with E-state index in [2.05, 4.69) is 9.82 Å². The van der Waals surface area contributed by atoms with Crippen molar-refractivity contribution in [2.24, 2.45) is 0 Å². The zero-order valence-electron chi connectivity index (χ0n) is 12.3. The Morgan fingerprint density at radius 3 is 2.78 bits per heavy atom. The van der Waals surface area contributed by atoms with Crippen LogP contribution >= 0.6 is 0 Å². The Bertz CT molecular complexity index is 815. The predicted octanol–water partition coefficient (Wildman–Crippen LogP) is 1.32. The van der Waals surface area contributed by atoms with E-state index >= 15 is 0 Å². The SMILES string of the molecule is O=C(O)Cn1ncc2c1CCCC2NS(=O)(=O)c1ccccc1. The normalized spacial score (nSPS) is 17.7. The lowest BCUT2D eigenvalue weighted by atomic mass is 9.94. The van der Waals surface area contributed by atoms with E-state index < -0.39 is 16.0 Å². The number of sulfonamides is 1. The number of fused-ring (bicyclic) bond motifs is 1. The molecular formula is C15H17N3O4S. The molecule has 122 valence electrons. The smallest absolute Gasteiger partial charge is 0.325 e. The number of carbonyl (C=O) groups is 1. The van der Waals surface area contributed by atoms with Crippen LogP contribution in [0.15, 0.2) is 41.4 Å². The van der Waals surface area contributed by atoms with Crippen molar-refractivity contribution in [3.8, 4) is 0 Å². The Labute approximate surface area is 134 Å². The van der Waals surface area contributed by atoms with Gasteiger partial charge >= 0.3 is 5.97 Å². The van der Waals surface area contributed by atoms with Crippen LogP contribution in [0.5, 0.6) is 0 Å². The number of aliphatic carboxylic acids is 1. The first-order chi connectivity index (χ1) is 11.0. The lowest BCUT2D eigenvalue weighted by Crippen LogP contribution is -2.31. The first-order valence-corrected chi connectivity index (χ1v) is 8.79. The van der Waals surface area contributed by atoms with Crippen molar-refractivity contribution in [2.75, 3.05) is 0 Å². The summed E-state index contributed by atoms with van der Waals surface area (Å²) in [4.78, 5) is 11.1. The van der Waals surface area contributed by atoms with Crippen LogP contribution in [0, 0.1) is 0 Å². The number of hydrogen-bond acceptors (Lipinski definition) is 4. The summed E-state index contributed by atoms with van der Waals surface area (Å²) in [6.45, 7) is -0.215. The molecule has 1 unspecified atom stereocenters. The molecule has 7 nitrogen and oxygen atoms in total. The number of carboxylic acids is 1. The molecule has 0 bridgehead atoms. The van der Waals surface area contributed by atoms with Crippen molar-refractivity contribution < 1.29 is 18.3 Å². The van der Waals surface area contributed by atoms with Gasteiger partial charge < -0.3 is 5.11 Å². The van der Waals surface area contributed by atoms with Crippen molar-refractivity contribution in [3.63, 3.8) is 0 Å². The Kier molecular flexibility index (Phi) is 4.18. The third kappa shape index (κ3) is 3.27. The molecule has 1 aliphatic rings. The van der Waals surface area contributed by atoms with Crippen molar-refractivity contribution in [2.45, 2.75) is 36.7 Å². The van der Waals surface area contributed by atoms with E-state index in [1.807, 2.05) is 0 Å². The molecule has 0 radical (unpaired) electrons. The number of hydrogen-bond donors (Lipinski definition) is 2. The molecule has 0 spiro atoms. The van der Waals surface area contributed by atoms with Crippen LogP contribution in [-0.4, -0.2) is 29.3 Å². The van der Waals surface area contributed by atoms with Gasteiger partial charge in [0.05, 0.1) is 17.1 Å². The maximum Gasteiger partial charge on any atom is 0.325 e. The molecule has 2 aromatic rings. The maximum absolute atomic E-state index is 12.5. The van der Waals surface area contributed by atoms with Crippen molar-refractivity contribution in [3.05, 3.63) is 47.8 Å². The molecule has 0 amide bonds. The summed E-state index contributed by atoms with van der Waals surface area (Å²) < 4.78 is 29.1. The molecule has 23 heavy (non-hydrogen) atoms. The van der Waals surface area contributed by atoms with Crippen LogP contribution in [0.2, 0.25) is 0 Å². The van der Waals surface area contributed by atoms with E-state index in [-0.39, 0.29) is 17.5 Å². The summed E-state index contributed by atoms with van der Waals surface area (Å²) in [5.41, 5.74) is 1.55. The molecule has 1 heterocycles. The molecule has 2 N–H and O–H groups in total. The number of nitrogens with one attached hydrogen (secondary N) is 1. The van der Waals surface area contributed by atoms with Gasteiger partial charge in [-0.3, -0.25) is 9.48 Å². The molecule has 1 aliphatic carbocycles. The summed E-state index contributed by atoms with van der Waals surface area (Å²) >= 11 is 0. The fourth-order valence-electron chi connectivity index (χ4n) is 2.86. The lowest BCUT2D eigenvalue weighted by molar-refractivity contribution is -0.137. The second-order valence-corrected chi connectivity index (χ2v) is 7.19. The number of rotatable bonds is 5. The number of benzene rings is 1. The van der Waals surface area contributed by atoms with Crippen LogP contribution in [-0.2, 0) is 27.8 Å². The molecule has 0 saturated carbocycles. The molecular weight excluding hydrogens is 318 g/mol. The molecule has 1 aromatic carbocycles. The van der Waals surface area contributed by atoms with Crippen molar-refractivity contribution in [1.82, 2.24) is 14.5 Å². The second kappa shape index (κ2) is 6.13. The number of aromatic nitrogens is 2. The van der Waals surface area contributed by atoms with Gasteiger partial charge in [0.1, 0.15) is 6.54 Å². The summed E-state index contributed by atoms with van der Waals surface area (Å²) in [7, 11) is -3.62. The molecule has 1 atom stereocenters. The topological polar surface area (TPSA) is 101 Å². The lowest BCUT2D eigenvalue weighted by Gasteiger charge is -2.24. The minimum Gasteiger partial charge on any atom is -0.480 e. The Morgan fingerprint density at radius 1 is 1.35 bits per heavy atom. The average Bonchev–Trinajstić information content (AvgIpc) is 2.91. The van der Waals surface area contributed by atoms with E-state index in [0.29, 0.717) is 12.8 Å². The first kappa shape index (κ1) is 15.7. The highest BCUT2D eigenvalue weighted by molar-refractivity contribution is 7.89. The van der Waals surface area contributed by atoms with Gasteiger partial charge in [0, 0.05) is 11.3 Å². The predicted molar refractivity (Wildman–Crippen MR) is 82.3 cm³/mol. The molecule has 0 aliphatic heterocycles. The maximum atomic E-state index is 12.5. The number of nitrogens with zero attached hydrogens (tertiary/aromatic N) is 2. The second-order valence-electron chi connectivity index (χ2n) is 5.48. The van der Waals surface area contributed by atoms with Gasteiger partial charge in [0.2, 0.25) is 10.0 Å². The first-order valence-electron chi connectivity index (χ1n) is 7.31. The highest BCUT2D eigenvalue weighted by atomic mass is 32.2. The van der Waals surface area contributed by atoms with Crippen LogP contribution in [0.1, 0.15) is 30.1 Å². The summed E-state index contributed by atoms with van der Waals surface area (Å²) in [5, 5.41) is 13.0. The van der Waals surface area contributed by atoms with Gasteiger partial charge in [-0.2, -0.15) is 5.10 Å². The molecule has 0 fully saturated rings. The van der Waals surface area contributed by atoms with E-state index in [9.17, 15) is 13.2 Å². The standard InChI is InChI=1S/C15H17N3O4S/c19-15(20)10-18-14-8-4-7-13(12(14)9-16-18)17-23(21,22)11-5-2-1-3-6-11/h1-3,5-6,9,13,17H,4,7-8,10H2,(H,19,20). The summed E-state index contributed by atoms with van der Waals surface area (Å²) in [6.07, 6.45) is 3.71. The molecule has 3 rings (SSSR count). The van der Waals surface area contributed by atoms with Gasteiger partial charge in [-0.1, -0.05) is 18.2 Å². The summed E-state index contributed by atoms with van der Waals surface area (Å²) in [6, 6.07) is 7.80. The van der Waals surface area contributed by atoms with Gasteiger partial charge in [-0.25, -0.2) is 13.1 Å². The zero-order chi connectivity index (χ0) is 16.4. The van der Waals surface area contributed by atoms with Crippen LogP contribution in [0.4, 0.5) is 0 Å². The van der Waals surface area contributed by atoms with Gasteiger partial charge in [-0.05, 0) is 31.4 Å². The fraction of sp³-hybridized carbons (Fsp3) is 0.333. The molecule has 0 saturated heterocycles. The Balaban J connectivity index is 1.87. The highest BCUT2D eigenvalue weighted by Crippen LogP contribution is 2.30. The third-order valence-electron chi connectivity index (χ3n) is 3.90. The summed E-state index contributed by atoms with van der Waals surface area (Å²) in [5.74, 6) is -0.970. The quantitative estimate of drug-likeness (QED) is 0.858. The van der Waals surface area contributed by atoms with Gasteiger partial charge in [-0.15, -0.1) is 0 Å². The fourth-order valence-corrected chi connectivity index (χ4v) is 4.13. The van der Waals surface area contributed by atoms with E-state index in [0.717, 1.165) is 17.7 Å². The third-order valence-corrected chi connectivity index (χ3v) is 5.39. The minimum absolute atomic E-state index is 0.213.